The van der Waals surface area contributed by atoms with E-state index in [0.29, 0.717) is 12.3 Å². The largest absolute Gasteiger partial charge is 0.456 e. The van der Waals surface area contributed by atoms with Crippen LogP contribution in [0, 0.1) is 5.92 Å². The average molecular weight is 796 g/mol. The molecule has 5 heteroatoms. The van der Waals surface area contributed by atoms with Crippen LogP contribution in [0.3, 0.4) is 0 Å². The molecule has 292 valence electrons. The summed E-state index contributed by atoms with van der Waals surface area (Å²) in [6.45, 7) is 2.28. The highest BCUT2D eigenvalue weighted by Crippen LogP contribution is 2.44. The molecule has 1 atom stereocenters. The van der Waals surface area contributed by atoms with Crippen LogP contribution in [0.25, 0.3) is 98.6 Å². The summed E-state index contributed by atoms with van der Waals surface area (Å²) in [7, 11) is 0. The summed E-state index contributed by atoms with van der Waals surface area (Å²) in [5.41, 5.74) is 11.4. The maximum atomic E-state index is 6.98. The first-order chi connectivity index (χ1) is 30.7. The van der Waals surface area contributed by atoms with E-state index in [0.717, 1.165) is 99.5 Å². The van der Waals surface area contributed by atoms with Crippen molar-refractivity contribution in [1.29, 1.82) is 0 Å². The van der Waals surface area contributed by atoms with Crippen LogP contribution in [0.5, 0.6) is 0 Å². The lowest BCUT2D eigenvalue weighted by molar-refractivity contribution is 0.666. The number of allylic oxidation sites excluding steroid dienone is 1. The van der Waals surface area contributed by atoms with Gasteiger partial charge in [-0.15, -0.1) is 0 Å². The minimum atomic E-state index is 0.0303. The van der Waals surface area contributed by atoms with Crippen LogP contribution in [-0.2, 0) is 0 Å². The number of rotatable bonds is 4. The predicted molar refractivity (Wildman–Crippen MR) is 258 cm³/mol. The van der Waals surface area contributed by atoms with Crippen LogP contribution in [-0.4, -0.2) is 16.1 Å². The van der Waals surface area contributed by atoms with Crippen molar-refractivity contribution < 1.29 is 8.83 Å². The number of furan rings is 2. The standard InChI is InChI=1S/C57H37N3O2/c1-34-28-31-47(58-57(42-22-12-17-35-14-4-5-18-38(35)42)59-54(34)45-23-13-27-52-53(45)44-21-8-11-26-51(44)61-52)43-30-29-41-40-20-7-10-25-50(40)62-56(41)55(43)60-48-24-9-6-19-39(48)46-32-36-15-2-3-16-37(36)33-49(46)60/h2-27,29-34H,28H2,1H3/b47-31+,58-57?,59-54?. The monoisotopic (exact) mass is 795 g/mol. The minimum absolute atomic E-state index is 0.0303. The summed E-state index contributed by atoms with van der Waals surface area (Å²) < 4.78 is 15.8. The molecule has 9 aromatic carbocycles. The van der Waals surface area contributed by atoms with Crippen LogP contribution in [0.2, 0.25) is 0 Å². The number of hydrogen-bond acceptors (Lipinski definition) is 4. The molecule has 13 rings (SSSR count). The van der Waals surface area contributed by atoms with E-state index in [-0.39, 0.29) is 5.92 Å². The minimum Gasteiger partial charge on any atom is -0.456 e. The molecule has 5 nitrogen and oxygen atoms in total. The van der Waals surface area contributed by atoms with Crippen LogP contribution in [0.4, 0.5) is 0 Å². The second-order valence-electron chi connectivity index (χ2n) is 16.5. The second-order valence-corrected chi connectivity index (χ2v) is 16.5. The lowest BCUT2D eigenvalue weighted by atomic mass is 9.90. The van der Waals surface area contributed by atoms with Gasteiger partial charge in [0.2, 0.25) is 0 Å². The molecule has 0 spiro atoms. The molecule has 0 radical (unpaired) electrons. The van der Waals surface area contributed by atoms with Gasteiger partial charge in [-0.25, -0.2) is 9.98 Å². The van der Waals surface area contributed by atoms with Gasteiger partial charge in [-0.2, -0.15) is 0 Å². The van der Waals surface area contributed by atoms with Crippen molar-refractivity contribution in [3.05, 3.63) is 205 Å². The molecule has 62 heavy (non-hydrogen) atoms. The van der Waals surface area contributed by atoms with Crippen LogP contribution in [0.15, 0.2) is 207 Å². The zero-order valence-electron chi connectivity index (χ0n) is 33.8. The molecular weight excluding hydrogens is 759 g/mol. The number of aromatic nitrogens is 1. The van der Waals surface area contributed by atoms with Crippen molar-refractivity contribution in [2.45, 2.75) is 13.3 Å². The summed E-state index contributed by atoms with van der Waals surface area (Å²) >= 11 is 0. The molecule has 0 bridgehead atoms. The van der Waals surface area contributed by atoms with Crippen molar-refractivity contribution in [1.82, 2.24) is 4.57 Å². The normalized spacial score (nSPS) is 15.8. The fourth-order valence-corrected chi connectivity index (χ4v) is 9.93. The highest BCUT2D eigenvalue weighted by atomic mass is 16.3. The highest BCUT2D eigenvalue weighted by molar-refractivity contribution is 6.25. The number of benzene rings is 9. The summed E-state index contributed by atoms with van der Waals surface area (Å²) in [4.78, 5) is 11.4. The molecule has 0 saturated heterocycles. The maximum Gasteiger partial charge on any atom is 0.160 e. The molecule has 0 fully saturated rings. The fraction of sp³-hybridized carbons (Fsp3) is 0.0526. The van der Waals surface area contributed by atoms with Crippen molar-refractivity contribution in [2.75, 3.05) is 0 Å². The van der Waals surface area contributed by atoms with Gasteiger partial charge in [0, 0.05) is 54.9 Å². The Kier molecular flexibility index (Phi) is 7.58. The SMILES string of the molecule is CC1C/C=C(\c2ccc3c(oc4ccccc43)c2-n2c3ccccc3c3cc4ccccc4cc32)N=C(c2cccc3ccccc23)N=C1c1cccc2oc3ccccc3c12. The second kappa shape index (κ2) is 13.5. The third kappa shape index (κ3) is 5.21. The lowest BCUT2D eigenvalue weighted by Gasteiger charge is -2.21. The van der Waals surface area contributed by atoms with Crippen molar-refractivity contribution in [2.24, 2.45) is 15.9 Å². The number of hydrogen-bond donors (Lipinski definition) is 0. The van der Waals surface area contributed by atoms with Gasteiger partial charge in [-0.1, -0.05) is 146 Å². The molecule has 1 unspecified atom stereocenters. The van der Waals surface area contributed by atoms with Gasteiger partial charge < -0.3 is 13.4 Å². The van der Waals surface area contributed by atoms with E-state index in [9.17, 15) is 0 Å². The quantitative estimate of drug-likeness (QED) is 0.178. The molecule has 1 aliphatic rings. The highest BCUT2D eigenvalue weighted by Gasteiger charge is 2.27. The topological polar surface area (TPSA) is 55.9 Å². The third-order valence-corrected chi connectivity index (χ3v) is 12.9. The van der Waals surface area contributed by atoms with Crippen LogP contribution in [0.1, 0.15) is 30.0 Å². The van der Waals surface area contributed by atoms with Gasteiger partial charge in [0.15, 0.2) is 11.4 Å². The van der Waals surface area contributed by atoms with Gasteiger partial charge in [-0.05, 0) is 76.5 Å². The Hall–Kier alpha value is -8.02. The zero-order valence-corrected chi connectivity index (χ0v) is 33.8. The van der Waals surface area contributed by atoms with Crippen molar-refractivity contribution in [3.63, 3.8) is 0 Å². The Morgan fingerprint density at radius 1 is 0.468 bits per heavy atom. The number of aliphatic imine (C=N–C) groups is 2. The Bertz CT molecular complexity index is 3920. The number of para-hydroxylation sites is 3. The number of nitrogens with zero attached hydrogens (tertiary/aromatic N) is 3. The van der Waals surface area contributed by atoms with Gasteiger partial charge in [-0.3, -0.25) is 0 Å². The fourth-order valence-electron chi connectivity index (χ4n) is 9.93. The maximum absolute atomic E-state index is 6.98. The molecule has 0 saturated carbocycles. The summed E-state index contributed by atoms with van der Waals surface area (Å²) in [6, 6.07) is 64.3. The van der Waals surface area contributed by atoms with Crippen molar-refractivity contribution >= 4 is 104 Å². The van der Waals surface area contributed by atoms with E-state index in [4.69, 9.17) is 18.8 Å². The smallest absolute Gasteiger partial charge is 0.160 e. The first-order valence-corrected chi connectivity index (χ1v) is 21.3. The van der Waals surface area contributed by atoms with Gasteiger partial charge >= 0.3 is 0 Å². The molecule has 0 aliphatic carbocycles. The molecule has 0 amide bonds. The number of fused-ring (bicyclic) bond motifs is 11. The molecule has 3 aromatic heterocycles. The molecular formula is C57H37N3O2. The predicted octanol–water partition coefficient (Wildman–Crippen LogP) is 15.2. The molecule has 1 aliphatic heterocycles. The van der Waals surface area contributed by atoms with E-state index < -0.39 is 0 Å². The zero-order chi connectivity index (χ0) is 40.9. The lowest BCUT2D eigenvalue weighted by Crippen LogP contribution is -2.17. The van der Waals surface area contributed by atoms with E-state index in [1.54, 1.807) is 0 Å². The number of amidine groups is 1. The molecule has 0 N–H and O–H groups in total. The summed E-state index contributed by atoms with van der Waals surface area (Å²) in [5, 5.41) is 11.3. The molecule has 4 heterocycles. The Morgan fingerprint density at radius 3 is 1.97 bits per heavy atom. The van der Waals surface area contributed by atoms with Gasteiger partial charge in [0.1, 0.15) is 16.7 Å². The Labute approximate surface area is 356 Å². The Balaban J connectivity index is 1.13. The van der Waals surface area contributed by atoms with E-state index in [1.165, 1.54) is 21.5 Å². The van der Waals surface area contributed by atoms with Gasteiger partial charge in [0.05, 0.1) is 28.1 Å². The Morgan fingerprint density at radius 2 is 1.11 bits per heavy atom. The van der Waals surface area contributed by atoms with E-state index in [2.05, 4.69) is 181 Å². The van der Waals surface area contributed by atoms with E-state index >= 15 is 0 Å². The first kappa shape index (κ1) is 34.8. The summed E-state index contributed by atoms with van der Waals surface area (Å²) in [6.07, 6.45) is 3.02. The van der Waals surface area contributed by atoms with E-state index in [1.807, 2.05) is 18.2 Å². The summed E-state index contributed by atoms with van der Waals surface area (Å²) in [5.74, 6) is 0.686. The average Bonchev–Trinajstić information content (AvgIpc) is 3.99. The van der Waals surface area contributed by atoms with Gasteiger partial charge in [0.25, 0.3) is 0 Å². The first-order valence-electron chi connectivity index (χ1n) is 21.3. The molecule has 12 aromatic rings. The van der Waals surface area contributed by atoms with Crippen molar-refractivity contribution in [3.8, 4) is 5.69 Å². The third-order valence-electron chi connectivity index (χ3n) is 12.9. The van der Waals surface area contributed by atoms with Crippen LogP contribution < -0.4 is 0 Å². The van der Waals surface area contributed by atoms with Crippen LogP contribution >= 0.6 is 0 Å².